The van der Waals surface area contributed by atoms with Gasteiger partial charge < -0.3 is 9.30 Å². The molecular weight excluding hydrogens is 360 g/mol. The Bertz CT molecular complexity index is 1200. The number of benzene rings is 3. The van der Waals surface area contributed by atoms with Gasteiger partial charge in [-0.15, -0.1) is 0 Å². The average molecular weight is 377 g/mol. The number of rotatable bonds is 4. The zero-order valence-electron chi connectivity index (χ0n) is 15.2. The summed E-state index contributed by atoms with van der Waals surface area (Å²) in [4.78, 5) is 13.2. The summed E-state index contributed by atoms with van der Waals surface area (Å²) in [7, 11) is 1.45. The van der Waals surface area contributed by atoms with Gasteiger partial charge in [-0.25, -0.2) is 8.78 Å². The van der Waals surface area contributed by atoms with E-state index in [0.717, 1.165) is 17.0 Å². The first-order chi connectivity index (χ1) is 13.6. The lowest BCUT2D eigenvalue weighted by Gasteiger charge is -2.17. The van der Waals surface area contributed by atoms with Crippen LogP contribution in [-0.4, -0.2) is 11.7 Å². The molecule has 5 heteroatoms. The number of hydrogen-bond acceptors (Lipinski definition) is 2. The Kier molecular flexibility index (Phi) is 4.65. The Labute approximate surface area is 160 Å². The zero-order valence-corrected chi connectivity index (χ0v) is 15.2. The van der Waals surface area contributed by atoms with Crippen molar-refractivity contribution in [2.24, 2.45) is 0 Å². The highest BCUT2D eigenvalue weighted by atomic mass is 19.1. The number of aromatic nitrogens is 1. The summed E-state index contributed by atoms with van der Waals surface area (Å²) >= 11 is 0. The van der Waals surface area contributed by atoms with Crippen LogP contribution in [0.25, 0.3) is 22.0 Å². The lowest BCUT2D eigenvalue weighted by molar-refractivity contribution is 0.407. The van der Waals surface area contributed by atoms with Gasteiger partial charge >= 0.3 is 0 Å². The standard InChI is InChI=1S/C23H17F2NO2/c1-28-22-21(16-7-3-2-4-8-16)19-9-5-6-10-20(19)26(23(22)27)14-15-11-17(24)13-18(25)12-15/h2-13H,14H2,1H3. The Balaban J connectivity index is 2.01. The molecule has 140 valence electrons. The molecule has 0 saturated heterocycles. The van der Waals surface area contributed by atoms with E-state index in [4.69, 9.17) is 4.74 Å². The maximum Gasteiger partial charge on any atom is 0.294 e. The number of hydrogen-bond donors (Lipinski definition) is 0. The molecule has 28 heavy (non-hydrogen) atoms. The molecule has 3 aromatic carbocycles. The summed E-state index contributed by atoms with van der Waals surface area (Å²) in [6, 6.07) is 20.2. The van der Waals surface area contributed by atoms with Crippen molar-refractivity contribution in [1.82, 2.24) is 4.57 Å². The van der Waals surface area contributed by atoms with Crippen molar-refractivity contribution in [2.75, 3.05) is 7.11 Å². The lowest BCUT2D eigenvalue weighted by atomic mass is 9.99. The van der Waals surface area contributed by atoms with E-state index in [1.54, 1.807) is 0 Å². The fraction of sp³-hybridized carbons (Fsp3) is 0.0870. The Morgan fingerprint density at radius 3 is 2.21 bits per heavy atom. The molecule has 0 radical (unpaired) electrons. The molecular formula is C23H17F2NO2. The van der Waals surface area contributed by atoms with Crippen molar-refractivity contribution in [3.63, 3.8) is 0 Å². The van der Waals surface area contributed by atoms with Crippen LogP contribution in [0.5, 0.6) is 5.75 Å². The number of fused-ring (bicyclic) bond motifs is 1. The average Bonchev–Trinajstić information content (AvgIpc) is 2.69. The van der Waals surface area contributed by atoms with Crippen LogP contribution in [0.3, 0.4) is 0 Å². The van der Waals surface area contributed by atoms with Crippen LogP contribution in [0.1, 0.15) is 5.56 Å². The normalized spacial score (nSPS) is 11.0. The summed E-state index contributed by atoms with van der Waals surface area (Å²) < 4.78 is 34.2. The second-order valence-electron chi connectivity index (χ2n) is 6.46. The SMILES string of the molecule is COc1c(-c2ccccc2)c2ccccc2n(Cc2cc(F)cc(F)c2)c1=O. The molecule has 0 spiro atoms. The Morgan fingerprint density at radius 1 is 0.893 bits per heavy atom. The monoisotopic (exact) mass is 377 g/mol. The van der Waals surface area contributed by atoms with Gasteiger partial charge in [0.1, 0.15) is 11.6 Å². The Hall–Kier alpha value is -3.47. The van der Waals surface area contributed by atoms with Gasteiger partial charge in [0.05, 0.1) is 19.2 Å². The molecule has 0 N–H and O–H groups in total. The van der Waals surface area contributed by atoms with Crippen molar-refractivity contribution in [1.29, 1.82) is 0 Å². The van der Waals surface area contributed by atoms with E-state index in [1.165, 1.54) is 23.8 Å². The molecule has 4 aromatic rings. The van der Waals surface area contributed by atoms with Crippen molar-refractivity contribution in [3.8, 4) is 16.9 Å². The number of para-hydroxylation sites is 1. The third-order valence-electron chi connectivity index (χ3n) is 4.66. The predicted molar refractivity (Wildman–Crippen MR) is 106 cm³/mol. The minimum Gasteiger partial charge on any atom is -0.491 e. The third kappa shape index (κ3) is 3.16. The maximum absolute atomic E-state index is 13.6. The molecule has 0 bridgehead atoms. The highest BCUT2D eigenvalue weighted by Gasteiger charge is 2.19. The zero-order chi connectivity index (χ0) is 19.7. The number of methoxy groups -OCH3 is 1. The van der Waals surface area contributed by atoms with Crippen molar-refractivity contribution in [3.05, 3.63) is 100 Å². The van der Waals surface area contributed by atoms with Crippen LogP contribution in [0.2, 0.25) is 0 Å². The largest absolute Gasteiger partial charge is 0.491 e. The molecule has 1 aromatic heterocycles. The first-order valence-electron chi connectivity index (χ1n) is 8.78. The highest BCUT2D eigenvalue weighted by molar-refractivity contribution is 5.97. The van der Waals surface area contributed by atoms with Crippen molar-refractivity contribution >= 4 is 10.9 Å². The first-order valence-corrected chi connectivity index (χ1v) is 8.78. The molecule has 0 saturated carbocycles. The van der Waals surface area contributed by atoms with E-state index < -0.39 is 11.6 Å². The smallest absolute Gasteiger partial charge is 0.294 e. The lowest BCUT2D eigenvalue weighted by Crippen LogP contribution is -2.23. The van der Waals surface area contributed by atoms with E-state index in [9.17, 15) is 13.6 Å². The van der Waals surface area contributed by atoms with Gasteiger partial charge in [-0.05, 0) is 29.3 Å². The summed E-state index contributed by atoms with van der Waals surface area (Å²) in [6.07, 6.45) is 0. The van der Waals surface area contributed by atoms with Crippen LogP contribution in [0.4, 0.5) is 8.78 Å². The van der Waals surface area contributed by atoms with E-state index in [0.29, 0.717) is 16.6 Å². The van der Waals surface area contributed by atoms with Gasteiger partial charge in [0.25, 0.3) is 5.56 Å². The van der Waals surface area contributed by atoms with Crippen LogP contribution < -0.4 is 10.3 Å². The molecule has 3 nitrogen and oxygen atoms in total. The van der Waals surface area contributed by atoms with Crippen LogP contribution in [0, 0.1) is 11.6 Å². The summed E-state index contributed by atoms with van der Waals surface area (Å²) in [5.74, 6) is -1.16. The topological polar surface area (TPSA) is 31.2 Å². The molecule has 0 aliphatic heterocycles. The fourth-order valence-corrected chi connectivity index (χ4v) is 3.50. The van der Waals surface area contributed by atoms with Crippen molar-refractivity contribution in [2.45, 2.75) is 6.54 Å². The van der Waals surface area contributed by atoms with Gasteiger partial charge in [0.2, 0.25) is 0 Å². The fourth-order valence-electron chi connectivity index (χ4n) is 3.50. The van der Waals surface area contributed by atoms with Gasteiger partial charge in [-0.3, -0.25) is 4.79 Å². The van der Waals surface area contributed by atoms with Crippen LogP contribution in [-0.2, 0) is 6.54 Å². The minimum absolute atomic E-state index is 0.0272. The minimum atomic E-state index is -0.680. The Morgan fingerprint density at radius 2 is 1.54 bits per heavy atom. The maximum atomic E-state index is 13.6. The van der Waals surface area contributed by atoms with E-state index >= 15 is 0 Å². The molecule has 0 fully saturated rings. The van der Waals surface area contributed by atoms with Crippen molar-refractivity contribution < 1.29 is 13.5 Å². The second kappa shape index (κ2) is 7.27. The van der Waals surface area contributed by atoms with E-state index in [-0.39, 0.29) is 17.9 Å². The summed E-state index contributed by atoms with van der Waals surface area (Å²) in [5.41, 5.74) is 2.22. The van der Waals surface area contributed by atoms with E-state index in [1.807, 2.05) is 54.6 Å². The molecule has 0 aliphatic carbocycles. The summed E-state index contributed by atoms with van der Waals surface area (Å²) in [5, 5.41) is 0.821. The number of ether oxygens (including phenoxy) is 1. The predicted octanol–water partition coefficient (Wildman–Crippen LogP) is 5.00. The molecule has 0 atom stereocenters. The molecule has 4 rings (SSSR count). The second-order valence-corrected chi connectivity index (χ2v) is 6.46. The third-order valence-corrected chi connectivity index (χ3v) is 4.66. The van der Waals surface area contributed by atoms with Crippen LogP contribution >= 0.6 is 0 Å². The number of halogens is 2. The van der Waals surface area contributed by atoms with Gasteiger partial charge in [-0.1, -0.05) is 48.5 Å². The molecule has 1 heterocycles. The first kappa shape index (κ1) is 17.9. The molecule has 0 unspecified atom stereocenters. The highest BCUT2D eigenvalue weighted by Crippen LogP contribution is 2.34. The quantitative estimate of drug-likeness (QED) is 0.501. The summed E-state index contributed by atoms with van der Waals surface area (Å²) in [6.45, 7) is 0.0272. The molecule has 0 amide bonds. The van der Waals surface area contributed by atoms with Crippen LogP contribution in [0.15, 0.2) is 77.6 Å². The molecule has 0 aliphatic rings. The van der Waals surface area contributed by atoms with E-state index in [2.05, 4.69) is 0 Å². The van der Waals surface area contributed by atoms with Gasteiger partial charge in [-0.2, -0.15) is 0 Å². The number of pyridine rings is 1. The van der Waals surface area contributed by atoms with Gasteiger partial charge in [0, 0.05) is 17.0 Å². The van der Waals surface area contributed by atoms with Gasteiger partial charge in [0.15, 0.2) is 5.75 Å². The number of nitrogens with zero attached hydrogens (tertiary/aromatic N) is 1.